The zero-order valence-corrected chi connectivity index (χ0v) is 14.4. The molecule has 2 fully saturated rings. The molecule has 2 heterocycles. The fourth-order valence-corrected chi connectivity index (χ4v) is 1.69. The van der Waals surface area contributed by atoms with Gasteiger partial charge < -0.3 is 31.7 Å². The first-order chi connectivity index (χ1) is 13.5. The molecule has 3 atom stereocenters. The molecule has 0 bridgehead atoms. The van der Waals surface area contributed by atoms with Gasteiger partial charge in [-0.3, -0.25) is 14.5 Å². The fraction of sp³-hybridized carbons (Fsp3) is 0.500. The molecule has 2 saturated heterocycles. The van der Waals surface area contributed by atoms with Crippen molar-refractivity contribution in [1.29, 1.82) is 0 Å². The molecule has 0 unspecified atom stereocenters. The number of nitrogens with zero attached hydrogens (tertiary/aromatic N) is 2. The third-order valence-electron chi connectivity index (χ3n) is 3.09. The molecule has 0 amide bonds. The van der Waals surface area contributed by atoms with Crippen molar-refractivity contribution in [3.05, 3.63) is 0 Å². The maximum Gasteiger partial charge on any atom is 0.349 e. The second kappa shape index (κ2) is 9.21. The van der Waals surface area contributed by atoms with E-state index in [1.165, 1.54) is 0 Å². The summed E-state index contributed by atoms with van der Waals surface area (Å²) in [6, 6.07) is -4.42. The van der Waals surface area contributed by atoms with Crippen LogP contribution in [0.25, 0.3) is 0 Å². The van der Waals surface area contributed by atoms with Crippen molar-refractivity contribution >= 4 is 35.8 Å². The molecule has 0 aliphatic carbocycles. The van der Waals surface area contributed by atoms with Crippen LogP contribution in [0.15, 0.2) is 0 Å². The lowest BCUT2D eigenvalue weighted by atomic mass is 10.2. The van der Waals surface area contributed by atoms with Crippen molar-refractivity contribution in [2.45, 2.75) is 37.4 Å². The minimum atomic E-state index is -1.74. The topological polar surface area (TPSA) is 242 Å². The average Bonchev–Trinajstić information content (AvgIpc) is 2.79. The van der Waals surface area contributed by atoms with Crippen molar-refractivity contribution < 1.29 is 57.8 Å². The van der Waals surface area contributed by atoms with Crippen LogP contribution in [0.5, 0.6) is 0 Å². The summed E-state index contributed by atoms with van der Waals surface area (Å²) in [5.74, 6) is -7.06. The number of nitrogens with two attached hydrogens (primary N) is 3. The highest BCUT2D eigenvalue weighted by Crippen LogP contribution is 2.11. The number of carbonyl (C=O) groups excluding carboxylic acids is 6. The molecule has 17 heteroatoms. The Bertz CT molecular complexity index is 728. The van der Waals surface area contributed by atoms with Gasteiger partial charge in [-0.15, -0.1) is 0 Å². The van der Waals surface area contributed by atoms with E-state index >= 15 is 0 Å². The molecule has 6 N–H and O–H groups in total. The lowest BCUT2D eigenvalue weighted by molar-refractivity contribution is -0.464. The Morgan fingerprint density at radius 3 is 1.83 bits per heavy atom. The van der Waals surface area contributed by atoms with Gasteiger partial charge in [0.05, 0.1) is 19.3 Å². The molecule has 29 heavy (non-hydrogen) atoms. The van der Waals surface area contributed by atoms with Crippen LogP contribution >= 0.6 is 0 Å². The van der Waals surface area contributed by atoms with Crippen LogP contribution in [0.2, 0.25) is 0 Å². The van der Waals surface area contributed by atoms with E-state index in [2.05, 4.69) is 29.0 Å². The average molecular weight is 421 g/mol. The molecule has 160 valence electrons. The Labute approximate surface area is 160 Å². The second-order valence-corrected chi connectivity index (χ2v) is 5.50. The Kier molecular flexibility index (Phi) is 6.96. The number of hydrogen-bond acceptors (Lipinski definition) is 17. The van der Waals surface area contributed by atoms with Gasteiger partial charge in [0, 0.05) is 0 Å². The second-order valence-electron chi connectivity index (χ2n) is 5.50. The monoisotopic (exact) mass is 421 g/mol. The van der Waals surface area contributed by atoms with Crippen LogP contribution in [-0.2, 0) is 57.8 Å². The van der Waals surface area contributed by atoms with Crippen LogP contribution in [0.4, 0.5) is 0 Å². The van der Waals surface area contributed by atoms with Crippen molar-refractivity contribution in [3.63, 3.8) is 0 Å². The van der Waals surface area contributed by atoms with E-state index in [1.807, 2.05) is 0 Å². The van der Waals surface area contributed by atoms with Gasteiger partial charge in [-0.2, -0.15) is 0 Å². The first-order valence-electron chi connectivity index (χ1n) is 7.70. The maximum atomic E-state index is 11.8. The van der Waals surface area contributed by atoms with Gasteiger partial charge in [0.25, 0.3) is 0 Å². The largest absolute Gasteiger partial charge is 0.349 e. The first-order valence-corrected chi connectivity index (χ1v) is 7.70. The van der Waals surface area contributed by atoms with E-state index in [-0.39, 0.29) is 10.8 Å². The SMILES string of the molecule is N[C@@H]1CC(=O)ON(OC(=O)C[C@H](N)C(=O)ON2OC(=O)C[C@@H](N)C(=O)O2)OC1=O. The van der Waals surface area contributed by atoms with Gasteiger partial charge in [-0.25, -0.2) is 28.8 Å². The van der Waals surface area contributed by atoms with Gasteiger partial charge in [0.15, 0.2) is 0 Å². The van der Waals surface area contributed by atoms with E-state index < -0.39 is 73.2 Å². The molecular formula is C12H15N5O12. The Morgan fingerprint density at radius 2 is 1.34 bits per heavy atom. The quantitative estimate of drug-likeness (QED) is 0.378. The van der Waals surface area contributed by atoms with E-state index in [0.717, 1.165) is 0 Å². The Hall–Kier alpha value is -3.38. The molecular weight excluding hydrogens is 406 g/mol. The minimum absolute atomic E-state index is 0.197. The molecule has 0 saturated carbocycles. The Morgan fingerprint density at radius 1 is 0.897 bits per heavy atom. The zero-order chi connectivity index (χ0) is 21.7. The molecule has 2 aliphatic rings. The third-order valence-corrected chi connectivity index (χ3v) is 3.09. The predicted octanol–water partition coefficient (Wildman–Crippen LogP) is -4.48. The summed E-state index contributed by atoms with van der Waals surface area (Å²) in [7, 11) is 0. The zero-order valence-electron chi connectivity index (χ0n) is 14.4. The summed E-state index contributed by atoms with van der Waals surface area (Å²) in [4.78, 5) is 95.3. The highest BCUT2D eigenvalue weighted by atomic mass is 17.2. The summed E-state index contributed by atoms with van der Waals surface area (Å²) in [5, 5.41) is -0.414. The van der Waals surface area contributed by atoms with E-state index in [1.54, 1.807) is 0 Å². The Balaban J connectivity index is 1.86. The molecule has 0 radical (unpaired) electrons. The fourth-order valence-electron chi connectivity index (χ4n) is 1.69. The minimum Gasteiger partial charge on any atom is -0.318 e. The summed E-state index contributed by atoms with van der Waals surface area (Å²) in [6.45, 7) is 0. The number of rotatable bonds is 5. The van der Waals surface area contributed by atoms with Crippen LogP contribution in [-0.4, -0.2) is 64.7 Å². The van der Waals surface area contributed by atoms with Gasteiger partial charge in [-0.1, -0.05) is 0 Å². The van der Waals surface area contributed by atoms with Gasteiger partial charge in [-0.05, 0) is 0 Å². The summed E-state index contributed by atoms with van der Waals surface area (Å²) < 4.78 is 0. The number of carbonyl (C=O) groups is 6. The summed E-state index contributed by atoms with van der Waals surface area (Å²) >= 11 is 0. The van der Waals surface area contributed by atoms with Crippen LogP contribution in [0, 0.1) is 0 Å². The van der Waals surface area contributed by atoms with Crippen molar-refractivity contribution in [2.24, 2.45) is 17.2 Å². The smallest absolute Gasteiger partial charge is 0.318 e. The van der Waals surface area contributed by atoms with Gasteiger partial charge in [0.1, 0.15) is 18.1 Å². The highest BCUT2D eigenvalue weighted by Gasteiger charge is 2.36. The van der Waals surface area contributed by atoms with E-state index in [4.69, 9.17) is 17.2 Å². The number of hydrogen-bond donors (Lipinski definition) is 3. The molecule has 17 nitrogen and oxygen atoms in total. The lowest BCUT2D eigenvalue weighted by Gasteiger charge is -2.17. The molecule has 0 aromatic heterocycles. The van der Waals surface area contributed by atoms with Crippen LogP contribution in [0.3, 0.4) is 0 Å². The van der Waals surface area contributed by atoms with E-state index in [9.17, 15) is 28.8 Å². The molecule has 2 aliphatic heterocycles. The lowest BCUT2D eigenvalue weighted by Crippen LogP contribution is -2.42. The predicted molar refractivity (Wildman–Crippen MR) is 78.0 cm³/mol. The molecule has 0 aromatic rings. The molecule has 2 rings (SSSR count). The standard InChI is InChI=1S/C12H15N5O12/c13-4-1-7(18)24-16(27-10(4)21)25-8(19)2-5(14)11(22)28-17-26-9(20)3-6(15)12(23)29-17/h4-6H,1-3,13-15H2/t4-,5+,6-/m1/s1. The maximum absolute atomic E-state index is 11.8. The van der Waals surface area contributed by atoms with Gasteiger partial charge >= 0.3 is 35.8 Å². The van der Waals surface area contributed by atoms with Crippen LogP contribution in [0.1, 0.15) is 19.3 Å². The first kappa shape index (κ1) is 21.9. The summed E-state index contributed by atoms with van der Waals surface area (Å²) in [5.41, 5.74) is 16.0. The van der Waals surface area contributed by atoms with Crippen molar-refractivity contribution in [1.82, 2.24) is 10.8 Å². The molecule has 0 spiro atoms. The molecule has 0 aromatic carbocycles. The third kappa shape index (κ3) is 6.33. The summed E-state index contributed by atoms with van der Waals surface area (Å²) in [6.07, 6.45) is -1.97. The normalized spacial score (nSPS) is 24.8. The van der Waals surface area contributed by atoms with Crippen molar-refractivity contribution in [3.8, 4) is 0 Å². The van der Waals surface area contributed by atoms with Gasteiger partial charge in [0.2, 0.25) is 10.8 Å². The highest BCUT2D eigenvalue weighted by molar-refractivity contribution is 5.85. The van der Waals surface area contributed by atoms with Crippen molar-refractivity contribution in [2.75, 3.05) is 0 Å². The van der Waals surface area contributed by atoms with E-state index in [0.29, 0.717) is 0 Å². The van der Waals surface area contributed by atoms with Crippen LogP contribution < -0.4 is 17.2 Å².